The third kappa shape index (κ3) is 3.47. The molecule has 0 unspecified atom stereocenters. The Morgan fingerprint density at radius 3 is 2.00 bits per heavy atom. The maximum absolute atomic E-state index is 6.27. The van der Waals surface area contributed by atoms with Gasteiger partial charge in [-0.3, -0.25) is 0 Å². The van der Waals surface area contributed by atoms with Crippen LogP contribution in [0.1, 0.15) is 39.6 Å². The van der Waals surface area contributed by atoms with Crippen LogP contribution in [-0.4, -0.2) is 71.8 Å². The molecule has 4 rings (SSSR count). The Kier molecular flexibility index (Phi) is 4.51. The van der Waals surface area contributed by atoms with E-state index < -0.39 is 29.9 Å². The summed E-state index contributed by atoms with van der Waals surface area (Å²) in [6, 6.07) is 0.278. The molecule has 0 bridgehead atoms. The normalized spacial score (nSPS) is 36.6. The summed E-state index contributed by atoms with van der Waals surface area (Å²) in [4.78, 5) is 12.7. The van der Waals surface area contributed by atoms with E-state index in [1.165, 1.54) is 14.2 Å². The highest BCUT2D eigenvalue weighted by Crippen LogP contribution is 2.47. The molecule has 0 aliphatic carbocycles. The van der Waals surface area contributed by atoms with Gasteiger partial charge >= 0.3 is 12.0 Å². The molecule has 1 aromatic heterocycles. The zero-order chi connectivity index (χ0) is 19.4. The third-order valence-corrected chi connectivity index (χ3v) is 4.72. The maximum Gasteiger partial charge on any atom is 0.322 e. The minimum Gasteiger partial charge on any atom is -0.467 e. The van der Waals surface area contributed by atoms with Crippen LogP contribution in [-0.2, 0) is 23.7 Å². The number of ether oxygens (including phenoxy) is 7. The van der Waals surface area contributed by atoms with Crippen molar-refractivity contribution in [1.29, 1.82) is 0 Å². The molecule has 1 aromatic rings. The fourth-order valence-electron chi connectivity index (χ4n) is 3.68. The largest absolute Gasteiger partial charge is 0.467 e. The number of hydrogen-bond donors (Lipinski definition) is 0. The van der Waals surface area contributed by atoms with Gasteiger partial charge in [0.1, 0.15) is 30.5 Å². The van der Waals surface area contributed by atoms with Gasteiger partial charge in [0.15, 0.2) is 17.4 Å². The molecule has 150 valence electrons. The van der Waals surface area contributed by atoms with Gasteiger partial charge in [-0.2, -0.15) is 9.97 Å². The molecule has 3 aliphatic rings. The predicted molar refractivity (Wildman–Crippen MR) is 89.3 cm³/mol. The van der Waals surface area contributed by atoms with E-state index in [2.05, 4.69) is 15.0 Å². The van der Waals surface area contributed by atoms with Crippen molar-refractivity contribution in [3.8, 4) is 12.0 Å². The summed E-state index contributed by atoms with van der Waals surface area (Å²) in [5.41, 5.74) is 0. The Morgan fingerprint density at radius 2 is 1.44 bits per heavy atom. The quantitative estimate of drug-likeness (QED) is 0.748. The zero-order valence-electron chi connectivity index (χ0n) is 16.3. The second kappa shape index (κ2) is 6.49. The molecule has 0 N–H and O–H groups in total. The summed E-state index contributed by atoms with van der Waals surface area (Å²) in [6.07, 6.45) is -2.02. The molecule has 0 amide bonds. The molecule has 3 aliphatic heterocycles. The molecule has 0 radical (unpaired) electrons. The van der Waals surface area contributed by atoms with Gasteiger partial charge in [-0.25, -0.2) is 0 Å². The highest BCUT2D eigenvalue weighted by molar-refractivity contribution is 5.13. The lowest BCUT2D eigenvalue weighted by Crippen LogP contribution is -2.40. The van der Waals surface area contributed by atoms with Gasteiger partial charge < -0.3 is 33.2 Å². The third-order valence-electron chi connectivity index (χ3n) is 4.72. The SMILES string of the molecule is COc1nc(OC)nc([C@H]2O[C@H]([C@H]3COC(C)(C)O3)[C@@H]3OC(C)(C)O[C@@H]32)n1. The lowest BCUT2D eigenvalue weighted by molar-refractivity contribution is -0.208. The van der Waals surface area contributed by atoms with Crippen LogP contribution in [0, 0.1) is 0 Å². The average Bonchev–Trinajstić information content (AvgIpc) is 3.23. The molecule has 10 nitrogen and oxygen atoms in total. The highest BCUT2D eigenvalue weighted by atomic mass is 16.8. The second-order valence-corrected chi connectivity index (χ2v) is 7.62. The van der Waals surface area contributed by atoms with Crippen molar-refractivity contribution in [1.82, 2.24) is 15.0 Å². The van der Waals surface area contributed by atoms with Crippen LogP contribution >= 0.6 is 0 Å². The van der Waals surface area contributed by atoms with E-state index in [-0.39, 0.29) is 24.2 Å². The summed E-state index contributed by atoms with van der Waals surface area (Å²) in [7, 11) is 2.95. The molecule has 27 heavy (non-hydrogen) atoms. The van der Waals surface area contributed by atoms with Crippen LogP contribution in [0.5, 0.6) is 12.0 Å². The maximum atomic E-state index is 6.27. The topological polar surface area (TPSA) is 103 Å². The summed E-state index contributed by atoms with van der Waals surface area (Å²) in [6.45, 7) is 7.87. The standard InChI is InChI=1S/C17H25N3O7/c1-16(2)23-7-8(25-16)9-10-11(27-17(3,4)26-10)12(24-9)13-18-14(21-5)20-15(19-13)22-6/h8-12H,7H2,1-6H3/t8-,9-,10+,11+,12+/m1/s1. The highest BCUT2D eigenvalue weighted by Gasteiger charge is 2.60. The first-order valence-corrected chi connectivity index (χ1v) is 8.88. The van der Waals surface area contributed by atoms with Crippen molar-refractivity contribution in [2.45, 2.75) is 69.8 Å². The minimum atomic E-state index is -0.758. The van der Waals surface area contributed by atoms with Crippen molar-refractivity contribution in [3.05, 3.63) is 5.82 Å². The lowest BCUT2D eigenvalue weighted by atomic mass is 10.0. The first-order chi connectivity index (χ1) is 12.7. The van der Waals surface area contributed by atoms with Crippen molar-refractivity contribution in [2.24, 2.45) is 0 Å². The fraction of sp³-hybridized carbons (Fsp3) is 0.824. The van der Waals surface area contributed by atoms with Crippen molar-refractivity contribution < 1.29 is 33.2 Å². The number of methoxy groups -OCH3 is 2. The van der Waals surface area contributed by atoms with Crippen LogP contribution in [0.4, 0.5) is 0 Å². The average molecular weight is 383 g/mol. The molecule has 10 heteroatoms. The predicted octanol–water partition coefficient (Wildman–Crippen LogP) is 1.00. The van der Waals surface area contributed by atoms with E-state index in [0.717, 1.165) is 0 Å². The van der Waals surface area contributed by atoms with Crippen molar-refractivity contribution in [3.63, 3.8) is 0 Å². The lowest BCUT2D eigenvalue weighted by Gasteiger charge is -2.26. The number of rotatable bonds is 4. The van der Waals surface area contributed by atoms with Gasteiger partial charge in [-0.1, -0.05) is 0 Å². The van der Waals surface area contributed by atoms with Crippen molar-refractivity contribution >= 4 is 0 Å². The number of fused-ring (bicyclic) bond motifs is 1. The van der Waals surface area contributed by atoms with Crippen LogP contribution in [0.25, 0.3) is 0 Å². The van der Waals surface area contributed by atoms with Gasteiger partial charge in [0.05, 0.1) is 20.8 Å². The van der Waals surface area contributed by atoms with E-state index in [0.29, 0.717) is 12.4 Å². The van der Waals surface area contributed by atoms with Gasteiger partial charge in [0.25, 0.3) is 0 Å². The fourth-order valence-corrected chi connectivity index (χ4v) is 3.68. The summed E-state index contributed by atoms with van der Waals surface area (Å²) >= 11 is 0. The number of hydrogen-bond acceptors (Lipinski definition) is 10. The van der Waals surface area contributed by atoms with E-state index in [4.69, 9.17) is 33.2 Å². The monoisotopic (exact) mass is 383 g/mol. The van der Waals surface area contributed by atoms with Crippen LogP contribution in [0.3, 0.4) is 0 Å². The zero-order valence-corrected chi connectivity index (χ0v) is 16.3. The van der Waals surface area contributed by atoms with Crippen molar-refractivity contribution in [2.75, 3.05) is 20.8 Å². The molecular weight excluding hydrogens is 358 g/mol. The molecule has 0 spiro atoms. The van der Waals surface area contributed by atoms with E-state index in [1.54, 1.807) is 0 Å². The summed E-state index contributed by atoms with van der Waals surface area (Å²) < 4.78 is 40.5. The molecular formula is C17H25N3O7. The molecule has 0 aromatic carbocycles. The molecule has 4 heterocycles. The number of nitrogens with zero attached hydrogens (tertiary/aromatic N) is 3. The Bertz CT molecular complexity index is 692. The smallest absolute Gasteiger partial charge is 0.322 e. The van der Waals surface area contributed by atoms with Gasteiger partial charge in [0, 0.05) is 0 Å². The Balaban J connectivity index is 1.66. The van der Waals surface area contributed by atoms with Crippen LogP contribution in [0.15, 0.2) is 0 Å². The minimum absolute atomic E-state index is 0.139. The van der Waals surface area contributed by atoms with Gasteiger partial charge in [0.2, 0.25) is 0 Å². The Hall–Kier alpha value is -1.59. The van der Waals surface area contributed by atoms with E-state index in [1.807, 2.05) is 27.7 Å². The van der Waals surface area contributed by atoms with E-state index in [9.17, 15) is 0 Å². The molecule has 5 atom stereocenters. The van der Waals surface area contributed by atoms with Crippen LogP contribution < -0.4 is 9.47 Å². The first-order valence-electron chi connectivity index (χ1n) is 8.88. The summed E-state index contributed by atoms with van der Waals surface area (Å²) in [5, 5.41) is 0. The van der Waals surface area contributed by atoms with E-state index >= 15 is 0 Å². The Labute approximate surface area is 157 Å². The first kappa shape index (κ1) is 18.8. The van der Waals surface area contributed by atoms with Gasteiger partial charge in [-0.05, 0) is 27.7 Å². The van der Waals surface area contributed by atoms with Gasteiger partial charge in [-0.15, -0.1) is 4.98 Å². The van der Waals surface area contributed by atoms with Crippen LogP contribution in [0.2, 0.25) is 0 Å². The number of aromatic nitrogens is 3. The molecule has 3 saturated heterocycles. The Morgan fingerprint density at radius 1 is 0.815 bits per heavy atom. The second-order valence-electron chi connectivity index (χ2n) is 7.62. The summed E-state index contributed by atoms with van der Waals surface area (Å²) in [5.74, 6) is -1.07. The molecule has 3 fully saturated rings. The molecule has 0 saturated carbocycles.